The van der Waals surface area contributed by atoms with Crippen molar-refractivity contribution in [2.24, 2.45) is 5.41 Å². The molecule has 0 amide bonds. The Morgan fingerprint density at radius 3 is 1.80 bits per heavy atom. The van der Waals surface area contributed by atoms with Crippen LogP contribution in [0.2, 0.25) is 18.1 Å². The van der Waals surface area contributed by atoms with E-state index in [0.29, 0.717) is 0 Å². The van der Waals surface area contributed by atoms with Crippen molar-refractivity contribution < 1.29 is 27.5 Å². The summed E-state index contributed by atoms with van der Waals surface area (Å²) in [5.74, 6) is -1.29. The molecule has 0 aliphatic carbocycles. The van der Waals surface area contributed by atoms with Crippen molar-refractivity contribution in [3.63, 3.8) is 0 Å². The Kier molecular flexibility index (Phi) is 5.51. The fourth-order valence-electron chi connectivity index (χ4n) is 1.32. The van der Waals surface area contributed by atoms with E-state index in [1.54, 1.807) is 0 Å². The van der Waals surface area contributed by atoms with E-state index in [0.717, 1.165) is 13.8 Å². The molecule has 1 unspecified atom stereocenters. The number of halogens is 3. The molecule has 0 spiro atoms. The molecule has 1 N–H and O–H groups in total. The number of alkyl halides is 3. The van der Waals surface area contributed by atoms with Crippen LogP contribution in [0, 0.1) is 5.41 Å². The van der Waals surface area contributed by atoms with E-state index in [-0.39, 0.29) is 5.04 Å². The van der Waals surface area contributed by atoms with Gasteiger partial charge in [0.25, 0.3) is 0 Å². The lowest BCUT2D eigenvalue weighted by molar-refractivity contribution is -0.239. The molecule has 0 aromatic carbocycles. The molecule has 0 saturated heterocycles. The molecule has 0 aliphatic heterocycles. The van der Waals surface area contributed by atoms with E-state index in [1.165, 1.54) is 0 Å². The van der Waals surface area contributed by atoms with Crippen molar-refractivity contribution in [3.05, 3.63) is 0 Å². The van der Waals surface area contributed by atoms with Gasteiger partial charge in [0.2, 0.25) is 0 Å². The molecule has 0 saturated carbocycles. The maximum atomic E-state index is 13.1. The van der Waals surface area contributed by atoms with Crippen LogP contribution in [0.4, 0.5) is 13.2 Å². The number of hydrogen-bond donors (Lipinski definition) is 1. The fourth-order valence-corrected chi connectivity index (χ4v) is 2.76. The number of hydrogen-bond acceptors (Lipinski definition) is 2. The van der Waals surface area contributed by atoms with Crippen molar-refractivity contribution in [2.75, 3.05) is 0 Å². The minimum Gasteiger partial charge on any atom is -0.481 e. The Balaban J connectivity index is 5.46. The molecule has 20 heavy (non-hydrogen) atoms. The van der Waals surface area contributed by atoms with Gasteiger partial charge < -0.3 is 9.53 Å². The summed E-state index contributed by atoms with van der Waals surface area (Å²) < 4.78 is 45.2. The quantitative estimate of drug-likeness (QED) is 0.763. The zero-order chi connectivity index (χ0) is 16.6. The third kappa shape index (κ3) is 4.48. The van der Waals surface area contributed by atoms with Gasteiger partial charge >= 0.3 is 12.1 Å². The molecule has 0 fully saturated rings. The van der Waals surface area contributed by atoms with Crippen LogP contribution in [0.5, 0.6) is 0 Å². The SMILES string of the molecule is CC(C)(C(CC(=O)O)O[Si](C)(C)C(C)(C)C)C(F)(F)F. The lowest BCUT2D eigenvalue weighted by Gasteiger charge is -2.44. The first-order valence-electron chi connectivity index (χ1n) is 6.48. The molecule has 0 bridgehead atoms. The summed E-state index contributed by atoms with van der Waals surface area (Å²) in [5.41, 5.74) is -2.21. The molecule has 0 heterocycles. The monoisotopic (exact) mass is 314 g/mol. The van der Waals surface area contributed by atoms with E-state index in [2.05, 4.69) is 0 Å². The highest BCUT2D eigenvalue weighted by Gasteiger charge is 2.55. The molecule has 120 valence electrons. The minimum absolute atomic E-state index is 0.286. The second-order valence-electron chi connectivity index (χ2n) is 7.18. The van der Waals surface area contributed by atoms with Crippen LogP contribution >= 0.6 is 0 Å². The molecular weight excluding hydrogens is 289 g/mol. The van der Waals surface area contributed by atoms with Gasteiger partial charge in [-0.25, -0.2) is 0 Å². The zero-order valence-corrected chi connectivity index (χ0v) is 14.2. The van der Waals surface area contributed by atoms with Crippen LogP contribution < -0.4 is 0 Å². The standard InChI is InChI=1S/C13H25F3O3Si/c1-11(2,3)20(6,7)19-9(8-10(17)18)12(4,5)13(14,15)16/h9H,8H2,1-7H3,(H,17,18). The second kappa shape index (κ2) is 5.67. The van der Waals surface area contributed by atoms with Gasteiger partial charge in [0.05, 0.1) is 17.9 Å². The highest BCUT2D eigenvalue weighted by Crippen LogP contribution is 2.46. The summed E-state index contributed by atoms with van der Waals surface area (Å²) in [6.07, 6.45) is -6.56. The minimum atomic E-state index is -4.52. The van der Waals surface area contributed by atoms with Crippen LogP contribution in [0.1, 0.15) is 41.0 Å². The van der Waals surface area contributed by atoms with E-state index in [1.807, 2.05) is 33.9 Å². The molecule has 0 aromatic heterocycles. The molecule has 0 aromatic rings. The maximum absolute atomic E-state index is 13.1. The van der Waals surface area contributed by atoms with Crippen LogP contribution in [0.3, 0.4) is 0 Å². The number of carboxylic acid groups (broad SMARTS) is 1. The molecular formula is C13H25F3O3Si. The summed E-state index contributed by atoms with van der Waals surface area (Å²) in [4.78, 5) is 10.9. The van der Waals surface area contributed by atoms with Gasteiger partial charge in [-0.2, -0.15) is 13.2 Å². The van der Waals surface area contributed by atoms with Gasteiger partial charge in [-0.3, -0.25) is 4.79 Å². The summed E-state index contributed by atoms with van der Waals surface area (Å²) in [7, 11) is -2.49. The number of aliphatic carboxylic acids is 1. The summed E-state index contributed by atoms with van der Waals surface area (Å²) in [6.45, 7) is 11.3. The van der Waals surface area contributed by atoms with Crippen LogP contribution in [0.15, 0.2) is 0 Å². The lowest BCUT2D eigenvalue weighted by atomic mass is 9.84. The predicted molar refractivity (Wildman–Crippen MR) is 74.2 cm³/mol. The molecule has 7 heteroatoms. The largest absolute Gasteiger partial charge is 0.481 e. The summed E-state index contributed by atoms with van der Waals surface area (Å²) >= 11 is 0. The van der Waals surface area contributed by atoms with Crippen LogP contribution in [0.25, 0.3) is 0 Å². The second-order valence-corrected chi connectivity index (χ2v) is 11.9. The van der Waals surface area contributed by atoms with Crippen molar-refractivity contribution in [3.8, 4) is 0 Å². The Bertz CT molecular complexity index is 357. The average molecular weight is 314 g/mol. The number of carboxylic acids is 1. The van der Waals surface area contributed by atoms with Gasteiger partial charge in [0.1, 0.15) is 0 Å². The van der Waals surface area contributed by atoms with E-state index >= 15 is 0 Å². The first-order valence-corrected chi connectivity index (χ1v) is 9.39. The van der Waals surface area contributed by atoms with Crippen LogP contribution in [-0.2, 0) is 9.22 Å². The topological polar surface area (TPSA) is 46.5 Å². The predicted octanol–water partition coefficient (Wildman–Crippen LogP) is 4.44. The van der Waals surface area contributed by atoms with E-state index in [4.69, 9.17) is 9.53 Å². The van der Waals surface area contributed by atoms with Crippen molar-refractivity contribution in [1.82, 2.24) is 0 Å². The third-order valence-electron chi connectivity index (χ3n) is 4.14. The Labute approximate surface area is 119 Å². The fraction of sp³-hybridized carbons (Fsp3) is 0.923. The van der Waals surface area contributed by atoms with E-state index < -0.39 is 38.4 Å². The Morgan fingerprint density at radius 1 is 1.15 bits per heavy atom. The van der Waals surface area contributed by atoms with Gasteiger partial charge in [-0.15, -0.1) is 0 Å². The van der Waals surface area contributed by atoms with Crippen molar-refractivity contribution in [2.45, 2.75) is 71.5 Å². The molecule has 0 aliphatic rings. The summed E-state index contributed by atoms with van der Waals surface area (Å²) in [5, 5.41) is 8.59. The van der Waals surface area contributed by atoms with Crippen LogP contribution in [-0.4, -0.2) is 31.7 Å². The van der Waals surface area contributed by atoms with Gasteiger partial charge in [-0.05, 0) is 32.0 Å². The maximum Gasteiger partial charge on any atom is 0.396 e. The molecule has 0 rings (SSSR count). The highest BCUT2D eigenvalue weighted by atomic mass is 28.4. The smallest absolute Gasteiger partial charge is 0.396 e. The van der Waals surface area contributed by atoms with Crippen molar-refractivity contribution in [1.29, 1.82) is 0 Å². The third-order valence-corrected chi connectivity index (χ3v) is 8.62. The Morgan fingerprint density at radius 2 is 1.55 bits per heavy atom. The van der Waals surface area contributed by atoms with Gasteiger partial charge in [0, 0.05) is 0 Å². The lowest BCUT2D eigenvalue weighted by Crippen LogP contribution is -2.52. The van der Waals surface area contributed by atoms with E-state index in [9.17, 15) is 18.0 Å². The molecule has 1 atom stereocenters. The molecule has 0 radical (unpaired) electrons. The number of rotatable bonds is 5. The summed E-state index contributed by atoms with van der Waals surface area (Å²) in [6, 6.07) is 0. The Hall–Kier alpha value is -0.563. The van der Waals surface area contributed by atoms with Crippen molar-refractivity contribution >= 4 is 14.3 Å². The average Bonchev–Trinajstić information content (AvgIpc) is 2.11. The highest BCUT2D eigenvalue weighted by molar-refractivity contribution is 6.74. The molecule has 3 nitrogen and oxygen atoms in total. The van der Waals surface area contributed by atoms with Gasteiger partial charge in [-0.1, -0.05) is 20.8 Å². The number of carbonyl (C=O) groups is 1. The van der Waals surface area contributed by atoms with Gasteiger partial charge in [0.15, 0.2) is 8.32 Å². The first kappa shape index (κ1) is 19.4. The normalized spacial score (nSPS) is 16.1. The zero-order valence-electron chi connectivity index (χ0n) is 13.2. The first-order chi connectivity index (χ1) is 8.52.